The number of thiol groups is 1. The van der Waals surface area contributed by atoms with Crippen molar-refractivity contribution in [2.75, 3.05) is 39.2 Å². The van der Waals surface area contributed by atoms with Crippen molar-refractivity contribution in [2.45, 2.75) is 6.42 Å². The molecule has 0 bridgehead atoms. The van der Waals surface area contributed by atoms with Crippen LogP contribution in [-0.2, 0) is 15.9 Å². The summed E-state index contributed by atoms with van der Waals surface area (Å²) in [6.07, 6.45) is 2.99. The van der Waals surface area contributed by atoms with Gasteiger partial charge in [0.15, 0.2) is 0 Å². The Morgan fingerprint density at radius 2 is 2.00 bits per heavy atom. The molecule has 112 valence electrons. The summed E-state index contributed by atoms with van der Waals surface area (Å²) in [5, 5.41) is 1.29. The Hall–Kier alpha value is -1.01. The SMILES string of the molecule is COCCOCCS.NCCc1c[nH]c2ccccc12. The second-order valence-corrected chi connectivity index (χ2v) is 4.67. The Labute approximate surface area is 126 Å². The number of benzene rings is 1. The summed E-state index contributed by atoms with van der Waals surface area (Å²) in [4.78, 5) is 3.22. The van der Waals surface area contributed by atoms with Crippen molar-refractivity contribution < 1.29 is 9.47 Å². The van der Waals surface area contributed by atoms with Gasteiger partial charge in [0.25, 0.3) is 0 Å². The standard InChI is InChI=1S/C10H12N2.C5H12O2S/c11-6-5-8-7-12-10-4-2-1-3-9(8)10;1-6-2-3-7-4-5-8/h1-4,7,12H,5-6,11H2;8H,2-5H2,1H3. The molecular weight excluding hydrogens is 272 g/mol. The predicted molar refractivity (Wildman–Crippen MR) is 87.6 cm³/mol. The molecule has 0 saturated carbocycles. The molecule has 2 rings (SSSR count). The van der Waals surface area contributed by atoms with E-state index in [-0.39, 0.29) is 0 Å². The van der Waals surface area contributed by atoms with E-state index in [1.165, 1.54) is 16.5 Å². The Morgan fingerprint density at radius 1 is 1.20 bits per heavy atom. The van der Waals surface area contributed by atoms with Crippen LogP contribution in [0.25, 0.3) is 10.9 Å². The van der Waals surface area contributed by atoms with Crippen LogP contribution in [0.4, 0.5) is 0 Å². The van der Waals surface area contributed by atoms with Crippen molar-refractivity contribution in [2.24, 2.45) is 5.73 Å². The van der Waals surface area contributed by atoms with Gasteiger partial charge in [0.2, 0.25) is 0 Å². The molecule has 2 aromatic rings. The van der Waals surface area contributed by atoms with Gasteiger partial charge in [-0.05, 0) is 24.6 Å². The van der Waals surface area contributed by atoms with Crippen LogP contribution >= 0.6 is 12.6 Å². The Morgan fingerprint density at radius 3 is 2.70 bits per heavy atom. The number of methoxy groups -OCH3 is 1. The maximum absolute atomic E-state index is 5.50. The van der Waals surface area contributed by atoms with Crippen LogP contribution in [-0.4, -0.2) is 44.2 Å². The summed E-state index contributed by atoms with van der Waals surface area (Å²) in [5.74, 6) is 0.781. The first-order chi connectivity index (χ1) is 9.83. The van der Waals surface area contributed by atoms with Crippen molar-refractivity contribution in [3.8, 4) is 0 Å². The number of para-hydroxylation sites is 1. The molecule has 4 nitrogen and oxygen atoms in total. The van der Waals surface area contributed by atoms with Gasteiger partial charge >= 0.3 is 0 Å². The minimum absolute atomic E-state index is 0.674. The summed E-state index contributed by atoms with van der Waals surface area (Å²) >= 11 is 3.96. The van der Waals surface area contributed by atoms with E-state index in [4.69, 9.17) is 15.2 Å². The molecule has 0 amide bonds. The quantitative estimate of drug-likeness (QED) is 0.542. The van der Waals surface area contributed by atoms with E-state index in [1.54, 1.807) is 7.11 Å². The molecule has 0 unspecified atom stereocenters. The first kappa shape index (κ1) is 17.0. The number of hydrogen-bond donors (Lipinski definition) is 3. The minimum Gasteiger partial charge on any atom is -0.382 e. The lowest BCUT2D eigenvalue weighted by molar-refractivity contribution is 0.0791. The highest BCUT2D eigenvalue weighted by Crippen LogP contribution is 2.17. The summed E-state index contributed by atoms with van der Waals surface area (Å²) < 4.78 is 9.76. The third kappa shape index (κ3) is 5.96. The number of hydrogen-bond acceptors (Lipinski definition) is 4. The van der Waals surface area contributed by atoms with Gasteiger partial charge in [-0.3, -0.25) is 0 Å². The van der Waals surface area contributed by atoms with Crippen molar-refractivity contribution in [1.29, 1.82) is 0 Å². The molecular formula is C15H24N2O2S. The molecule has 5 heteroatoms. The second-order valence-electron chi connectivity index (χ2n) is 4.23. The first-order valence-corrected chi connectivity index (χ1v) is 7.39. The zero-order valence-electron chi connectivity index (χ0n) is 12.0. The van der Waals surface area contributed by atoms with E-state index in [1.807, 2.05) is 12.3 Å². The summed E-state index contributed by atoms with van der Waals surface area (Å²) in [6.45, 7) is 2.78. The number of aromatic nitrogens is 1. The van der Waals surface area contributed by atoms with Crippen LogP contribution < -0.4 is 5.73 Å². The number of rotatable bonds is 7. The fraction of sp³-hybridized carbons (Fsp3) is 0.467. The molecule has 1 aromatic heterocycles. The molecule has 0 atom stereocenters. The van der Waals surface area contributed by atoms with Gasteiger partial charge in [-0.2, -0.15) is 12.6 Å². The zero-order valence-corrected chi connectivity index (χ0v) is 12.9. The lowest BCUT2D eigenvalue weighted by Crippen LogP contribution is -2.03. The second kappa shape index (κ2) is 10.7. The molecule has 0 saturated heterocycles. The molecule has 0 aliphatic carbocycles. The number of aromatic amines is 1. The first-order valence-electron chi connectivity index (χ1n) is 6.76. The van der Waals surface area contributed by atoms with Crippen molar-refractivity contribution >= 4 is 23.5 Å². The minimum atomic E-state index is 0.674. The van der Waals surface area contributed by atoms with Crippen LogP contribution in [0.5, 0.6) is 0 Å². The summed E-state index contributed by atoms with van der Waals surface area (Å²) in [5.41, 5.74) is 8.01. The van der Waals surface area contributed by atoms with Gasteiger partial charge in [-0.1, -0.05) is 18.2 Å². The molecule has 1 heterocycles. The van der Waals surface area contributed by atoms with E-state index >= 15 is 0 Å². The topological polar surface area (TPSA) is 60.3 Å². The monoisotopic (exact) mass is 296 g/mol. The fourth-order valence-electron chi connectivity index (χ4n) is 1.80. The molecule has 0 radical (unpaired) electrons. The average molecular weight is 296 g/mol. The van der Waals surface area contributed by atoms with Gasteiger partial charge in [0, 0.05) is 30.0 Å². The Kier molecular flexibility index (Phi) is 9.15. The molecule has 3 N–H and O–H groups in total. The number of H-pyrrole nitrogens is 1. The Balaban J connectivity index is 0.000000221. The predicted octanol–water partition coefficient (Wildman–Crippen LogP) is 2.25. The highest BCUT2D eigenvalue weighted by Gasteiger charge is 1.99. The van der Waals surface area contributed by atoms with Crippen LogP contribution in [0.1, 0.15) is 5.56 Å². The largest absolute Gasteiger partial charge is 0.382 e. The number of ether oxygens (including phenoxy) is 2. The highest BCUT2D eigenvalue weighted by molar-refractivity contribution is 7.80. The van der Waals surface area contributed by atoms with Crippen LogP contribution in [0.15, 0.2) is 30.5 Å². The smallest absolute Gasteiger partial charge is 0.0700 e. The average Bonchev–Trinajstić information content (AvgIpc) is 2.89. The fourth-order valence-corrected chi connectivity index (χ4v) is 1.93. The third-order valence-electron chi connectivity index (χ3n) is 2.76. The van der Waals surface area contributed by atoms with Gasteiger partial charge in [-0.25, -0.2) is 0 Å². The molecule has 1 aromatic carbocycles. The Bertz CT molecular complexity index is 468. The number of fused-ring (bicyclic) bond motifs is 1. The van der Waals surface area contributed by atoms with E-state index in [9.17, 15) is 0 Å². The molecule has 0 fully saturated rings. The van der Waals surface area contributed by atoms with Gasteiger partial charge in [0.1, 0.15) is 0 Å². The molecule has 20 heavy (non-hydrogen) atoms. The molecule has 0 spiro atoms. The van der Waals surface area contributed by atoms with Crippen molar-refractivity contribution in [3.63, 3.8) is 0 Å². The van der Waals surface area contributed by atoms with Gasteiger partial charge in [0.05, 0.1) is 19.8 Å². The van der Waals surface area contributed by atoms with E-state index in [0.717, 1.165) is 12.2 Å². The molecule has 0 aliphatic heterocycles. The summed E-state index contributed by atoms with van der Waals surface area (Å²) in [7, 11) is 1.66. The van der Waals surface area contributed by atoms with Crippen molar-refractivity contribution in [1.82, 2.24) is 4.98 Å². The van der Waals surface area contributed by atoms with Crippen LogP contribution in [0.2, 0.25) is 0 Å². The lowest BCUT2D eigenvalue weighted by Gasteiger charge is -1.98. The maximum atomic E-state index is 5.50. The lowest BCUT2D eigenvalue weighted by atomic mass is 10.1. The van der Waals surface area contributed by atoms with Crippen molar-refractivity contribution in [3.05, 3.63) is 36.0 Å². The maximum Gasteiger partial charge on any atom is 0.0700 e. The third-order valence-corrected chi connectivity index (χ3v) is 2.94. The van der Waals surface area contributed by atoms with E-state index < -0.39 is 0 Å². The zero-order chi connectivity index (χ0) is 14.6. The number of nitrogens with one attached hydrogen (secondary N) is 1. The van der Waals surface area contributed by atoms with E-state index in [2.05, 4.69) is 35.8 Å². The normalized spacial score (nSPS) is 10.3. The van der Waals surface area contributed by atoms with E-state index in [0.29, 0.717) is 26.4 Å². The van der Waals surface area contributed by atoms with Crippen LogP contribution in [0.3, 0.4) is 0 Å². The van der Waals surface area contributed by atoms with Gasteiger partial charge in [-0.15, -0.1) is 0 Å². The molecule has 0 aliphatic rings. The van der Waals surface area contributed by atoms with Gasteiger partial charge < -0.3 is 20.2 Å². The van der Waals surface area contributed by atoms with Crippen LogP contribution in [0, 0.1) is 0 Å². The summed E-state index contributed by atoms with van der Waals surface area (Å²) in [6, 6.07) is 8.29. The number of nitrogens with two attached hydrogens (primary N) is 1. The highest BCUT2D eigenvalue weighted by atomic mass is 32.1.